The van der Waals surface area contributed by atoms with Crippen molar-refractivity contribution in [2.75, 3.05) is 6.61 Å². The first kappa shape index (κ1) is 26.2. The Labute approximate surface area is 183 Å². The molecule has 0 aliphatic carbocycles. The lowest BCUT2D eigenvalue weighted by Crippen LogP contribution is -2.13. The van der Waals surface area contributed by atoms with E-state index >= 15 is 0 Å². The Hall–Kier alpha value is -1.84. The number of ether oxygens (including phenoxy) is 2. The van der Waals surface area contributed by atoms with Gasteiger partial charge in [-0.1, -0.05) is 89.7 Å². The molecule has 4 heteroatoms. The van der Waals surface area contributed by atoms with Crippen LogP contribution in [0.5, 0.6) is 5.75 Å². The van der Waals surface area contributed by atoms with Crippen molar-refractivity contribution in [3.05, 3.63) is 29.3 Å². The van der Waals surface area contributed by atoms with Crippen molar-refractivity contribution >= 4 is 11.9 Å². The summed E-state index contributed by atoms with van der Waals surface area (Å²) in [5.74, 6) is -0.160. The summed E-state index contributed by atoms with van der Waals surface area (Å²) in [6.45, 7) is 6.59. The summed E-state index contributed by atoms with van der Waals surface area (Å²) in [6, 6.07) is 5.60. The molecule has 1 rings (SSSR count). The molecule has 0 unspecified atom stereocenters. The van der Waals surface area contributed by atoms with Gasteiger partial charge in [0.25, 0.3) is 0 Å². The first-order valence-electron chi connectivity index (χ1n) is 12.0. The summed E-state index contributed by atoms with van der Waals surface area (Å²) >= 11 is 0. The standard InChI is InChI=1S/C26H42O4/c1-4-5-6-7-8-9-10-11-12-13-14-15-21-29-25(27)19-20-26(28)30-24-18-16-17-22(2)23(24)3/h16-18H,4-15,19-21H2,1-3H3. The molecular weight excluding hydrogens is 376 g/mol. The highest BCUT2D eigenvalue weighted by Gasteiger charge is 2.12. The maximum absolute atomic E-state index is 11.9. The molecule has 0 atom stereocenters. The summed E-state index contributed by atoms with van der Waals surface area (Å²) in [7, 11) is 0. The van der Waals surface area contributed by atoms with Crippen molar-refractivity contribution in [1.82, 2.24) is 0 Å². The second-order valence-electron chi connectivity index (χ2n) is 8.28. The zero-order valence-corrected chi connectivity index (χ0v) is 19.5. The van der Waals surface area contributed by atoms with Crippen LogP contribution in [-0.4, -0.2) is 18.5 Å². The third kappa shape index (κ3) is 12.7. The van der Waals surface area contributed by atoms with E-state index in [0.29, 0.717) is 12.4 Å². The van der Waals surface area contributed by atoms with Crippen LogP contribution in [0.3, 0.4) is 0 Å². The molecule has 170 valence electrons. The lowest BCUT2D eigenvalue weighted by molar-refractivity contribution is -0.147. The van der Waals surface area contributed by atoms with E-state index in [0.717, 1.165) is 24.0 Å². The molecule has 0 radical (unpaired) electrons. The van der Waals surface area contributed by atoms with Crippen LogP contribution in [0.4, 0.5) is 0 Å². The van der Waals surface area contributed by atoms with Gasteiger partial charge in [-0.2, -0.15) is 0 Å². The van der Waals surface area contributed by atoms with Crippen LogP contribution in [0.25, 0.3) is 0 Å². The predicted octanol–water partition coefficient (Wildman–Crippen LogP) is 7.23. The summed E-state index contributed by atoms with van der Waals surface area (Å²) < 4.78 is 10.6. The van der Waals surface area contributed by atoms with Gasteiger partial charge in [0.15, 0.2) is 0 Å². The van der Waals surface area contributed by atoms with Gasteiger partial charge in [0.2, 0.25) is 0 Å². The first-order valence-corrected chi connectivity index (χ1v) is 12.0. The van der Waals surface area contributed by atoms with Crippen molar-refractivity contribution in [3.8, 4) is 5.75 Å². The zero-order chi connectivity index (χ0) is 22.0. The molecule has 0 saturated heterocycles. The minimum atomic E-state index is -0.397. The van der Waals surface area contributed by atoms with Gasteiger partial charge in [-0.25, -0.2) is 0 Å². The Morgan fingerprint density at radius 1 is 0.733 bits per heavy atom. The molecule has 0 bridgehead atoms. The van der Waals surface area contributed by atoms with Crippen molar-refractivity contribution in [2.45, 2.75) is 111 Å². The maximum atomic E-state index is 11.9. The molecule has 1 aromatic rings. The second-order valence-corrected chi connectivity index (χ2v) is 8.28. The van der Waals surface area contributed by atoms with E-state index in [1.54, 1.807) is 6.07 Å². The number of aryl methyl sites for hydroxylation is 1. The SMILES string of the molecule is CCCCCCCCCCCCCCOC(=O)CCC(=O)Oc1cccc(C)c1C. The van der Waals surface area contributed by atoms with Crippen LogP contribution in [0.1, 0.15) is 108 Å². The fourth-order valence-electron chi connectivity index (χ4n) is 3.41. The zero-order valence-electron chi connectivity index (χ0n) is 19.5. The Bertz CT molecular complexity index is 609. The smallest absolute Gasteiger partial charge is 0.311 e. The molecule has 0 heterocycles. The van der Waals surface area contributed by atoms with Gasteiger partial charge in [0.1, 0.15) is 5.75 Å². The van der Waals surface area contributed by atoms with Gasteiger partial charge in [-0.3, -0.25) is 9.59 Å². The van der Waals surface area contributed by atoms with E-state index in [2.05, 4.69) is 6.92 Å². The average molecular weight is 419 g/mol. The van der Waals surface area contributed by atoms with Crippen molar-refractivity contribution in [3.63, 3.8) is 0 Å². The fraction of sp³-hybridized carbons (Fsp3) is 0.692. The Morgan fingerprint density at radius 2 is 1.27 bits per heavy atom. The number of esters is 2. The lowest BCUT2D eigenvalue weighted by atomic mass is 10.1. The van der Waals surface area contributed by atoms with E-state index in [1.165, 1.54) is 64.2 Å². The lowest BCUT2D eigenvalue weighted by Gasteiger charge is -2.09. The second kappa shape index (κ2) is 16.9. The number of carbonyl (C=O) groups excluding carboxylic acids is 2. The minimum absolute atomic E-state index is 0.0463. The first-order chi connectivity index (χ1) is 14.5. The van der Waals surface area contributed by atoms with E-state index in [4.69, 9.17) is 9.47 Å². The number of carbonyl (C=O) groups is 2. The van der Waals surface area contributed by atoms with E-state index < -0.39 is 5.97 Å². The average Bonchev–Trinajstić information content (AvgIpc) is 2.73. The van der Waals surface area contributed by atoms with Crippen LogP contribution in [0, 0.1) is 13.8 Å². The highest BCUT2D eigenvalue weighted by atomic mass is 16.5. The molecule has 0 aromatic heterocycles. The molecule has 4 nitrogen and oxygen atoms in total. The Balaban J connectivity index is 1.95. The van der Waals surface area contributed by atoms with Crippen LogP contribution < -0.4 is 4.74 Å². The predicted molar refractivity (Wildman–Crippen MR) is 123 cm³/mol. The highest BCUT2D eigenvalue weighted by molar-refractivity contribution is 5.79. The van der Waals surface area contributed by atoms with Gasteiger partial charge in [-0.15, -0.1) is 0 Å². The summed E-state index contributed by atoms with van der Waals surface area (Å²) in [4.78, 5) is 23.7. The molecule has 0 aliphatic rings. The third-order valence-electron chi connectivity index (χ3n) is 5.57. The fourth-order valence-corrected chi connectivity index (χ4v) is 3.41. The summed E-state index contributed by atoms with van der Waals surface area (Å²) in [6.07, 6.45) is 15.5. The molecule has 0 saturated carbocycles. The molecule has 0 aliphatic heterocycles. The van der Waals surface area contributed by atoms with Crippen molar-refractivity contribution in [1.29, 1.82) is 0 Å². The van der Waals surface area contributed by atoms with E-state index in [9.17, 15) is 9.59 Å². The van der Waals surface area contributed by atoms with Crippen LogP contribution >= 0.6 is 0 Å². The number of hydrogen-bond donors (Lipinski definition) is 0. The molecule has 30 heavy (non-hydrogen) atoms. The number of hydrogen-bond acceptors (Lipinski definition) is 4. The van der Waals surface area contributed by atoms with Gasteiger partial charge >= 0.3 is 11.9 Å². The van der Waals surface area contributed by atoms with Gasteiger partial charge in [-0.05, 0) is 37.5 Å². The Morgan fingerprint density at radius 3 is 1.87 bits per heavy atom. The van der Waals surface area contributed by atoms with Crippen molar-refractivity contribution < 1.29 is 19.1 Å². The van der Waals surface area contributed by atoms with Crippen molar-refractivity contribution in [2.24, 2.45) is 0 Å². The number of unbranched alkanes of at least 4 members (excludes halogenated alkanes) is 11. The molecule has 0 spiro atoms. The van der Waals surface area contributed by atoms with E-state index in [-0.39, 0.29) is 18.8 Å². The summed E-state index contributed by atoms with van der Waals surface area (Å²) in [5.41, 5.74) is 2.02. The van der Waals surface area contributed by atoms with Gasteiger partial charge in [0, 0.05) is 0 Å². The van der Waals surface area contributed by atoms with Gasteiger partial charge in [0.05, 0.1) is 19.4 Å². The molecule has 0 fully saturated rings. The van der Waals surface area contributed by atoms with E-state index in [1.807, 2.05) is 26.0 Å². The van der Waals surface area contributed by atoms with Gasteiger partial charge < -0.3 is 9.47 Å². The van der Waals surface area contributed by atoms with Crippen LogP contribution in [0.2, 0.25) is 0 Å². The van der Waals surface area contributed by atoms with Crippen LogP contribution in [0.15, 0.2) is 18.2 Å². The molecule has 0 amide bonds. The van der Waals surface area contributed by atoms with Crippen LogP contribution in [-0.2, 0) is 14.3 Å². The summed E-state index contributed by atoms with van der Waals surface area (Å²) in [5, 5.41) is 0. The normalized spacial score (nSPS) is 10.8. The maximum Gasteiger partial charge on any atom is 0.311 e. The highest BCUT2D eigenvalue weighted by Crippen LogP contribution is 2.21. The third-order valence-corrected chi connectivity index (χ3v) is 5.57. The monoisotopic (exact) mass is 418 g/mol. The molecule has 0 N–H and O–H groups in total. The minimum Gasteiger partial charge on any atom is -0.466 e. The Kier molecular flexibility index (Phi) is 14.8. The largest absolute Gasteiger partial charge is 0.466 e. The topological polar surface area (TPSA) is 52.6 Å². The molecule has 1 aromatic carbocycles. The number of rotatable bonds is 17. The molecular formula is C26H42O4. The quantitative estimate of drug-likeness (QED) is 0.152. The number of benzene rings is 1.